The third-order valence-electron chi connectivity index (χ3n) is 2.54. The predicted octanol–water partition coefficient (Wildman–Crippen LogP) is 2.59. The minimum Gasteiger partial charge on any atom is -0.508 e. The summed E-state index contributed by atoms with van der Waals surface area (Å²) in [5, 5.41) is 10.4. The Labute approximate surface area is 99.2 Å². The molecular formula is C11H14ClNOS. The number of hydrogen-bond donors (Lipinski definition) is 1. The maximum absolute atomic E-state index is 9.68. The standard InChI is InChI=1S/C11H14ClNOS/c12-10-1-2-11(14)9(7-10)8-13-3-5-15-6-4-13/h1-2,7,14H,3-6,8H2. The minimum absolute atomic E-state index is 0.345. The number of halogens is 1. The SMILES string of the molecule is Oc1ccc(Cl)cc1CN1CCSCC1. The molecule has 1 heterocycles. The van der Waals surface area contributed by atoms with Crippen molar-refractivity contribution in [1.82, 2.24) is 4.90 Å². The summed E-state index contributed by atoms with van der Waals surface area (Å²) in [4.78, 5) is 2.35. The first-order valence-electron chi connectivity index (χ1n) is 5.03. The highest BCUT2D eigenvalue weighted by molar-refractivity contribution is 7.99. The molecule has 1 N–H and O–H groups in total. The van der Waals surface area contributed by atoms with Crippen LogP contribution in [-0.4, -0.2) is 34.6 Å². The van der Waals surface area contributed by atoms with Crippen molar-refractivity contribution in [2.75, 3.05) is 24.6 Å². The van der Waals surface area contributed by atoms with E-state index in [1.54, 1.807) is 12.1 Å². The van der Waals surface area contributed by atoms with Gasteiger partial charge in [0.1, 0.15) is 5.75 Å². The quantitative estimate of drug-likeness (QED) is 0.864. The van der Waals surface area contributed by atoms with Crippen molar-refractivity contribution in [2.45, 2.75) is 6.54 Å². The molecule has 1 aliphatic rings. The van der Waals surface area contributed by atoms with Crippen LogP contribution in [0.4, 0.5) is 0 Å². The van der Waals surface area contributed by atoms with Gasteiger partial charge in [-0.05, 0) is 18.2 Å². The Bertz CT molecular complexity index is 339. The molecule has 2 nitrogen and oxygen atoms in total. The molecule has 0 aliphatic carbocycles. The first kappa shape index (κ1) is 11.1. The van der Waals surface area contributed by atoms with Crippen LogP contribution in [0, 0.1) is 0 Å². The number of benzene rings is 1. The molecule has 0 saturated carbocycles. The van der Waals surface area contributed by atoms with Gasteiger partial charge in [0, 0.05) is 41.7 Å². The zero-order valence-corrected chi connectivity index (χ0v) is 10.0. The molecular weight excluding hydrogens is 230 g/mol. The maximum atomic E-state index is 9.68. The van der Waals surface area contributed by atoms with E-state index < -0.39 is 0 Å². The largest absolute Gasteiger partial charge is 0.508 e. The van der Waals surface area contributed by atoms with Gasteiger partial charge in [0.25, 0.3) is 0 Å². The van der Waals surface area contributed by atoms with Gasteiger partial charge < -0.3 is 5.11 Å². The molecule has 82 valence electrons. The Hall–Kier alpha value is -0.380. The van der Waals surface area contributed by atoms with E-state index in [9.17, 15) is 5.11 Å². The van der Waals surface area contributed by atoms with Crippen LogP contribution in [0.25, 0.3) is 0 Å². The van der Waals surface area contributed by atoms with Crippen LogP contribution in [-0.2, 0) is 6.54 Å². The van der Waals surface area contributed by atoms with E-state index in [1.165, 1.54) is 11.5 Å². The van der Waals surface area contributed by atoms with Gasteiger partial charge in [0.05, 0.1) is 0 Å². The lowest BCUT2D eigenvalue weighted by Gasteiger charge is -2.26. The highest BCUT2D eigenvalue weighted by atomic mass is 35.5. The van der Waals surface area contributed by atoms with Crippen LogP contribution < -0.4 is 0 Å². The fraction of sp³-hybridized carbons (Fsp3) is 0.455. The molecule has 0 amide bonds. The highest BCUT2D eigenvalue weighted by Gasteiger charge is 2.12. The van der Waals surface area contributed by atoms with Gasteiger partial charge in [-0.25, -0.2) is 0 Å². The number of thioether (sulfide) groups is 1. The Morgan fingerprint density at radius 2 is 2.07 bits per heavy atom. The molecule has 1 fully saturated rings. The summed E-state index contributed by atoms with van der Waals surface area (Å²) < 4.78 is 0. The van der Waals surface area contributed by atoms with Gasteiger partial charge in [-0.1, -0.05) is 11.6 Å². The summed E-state index contributed by atoms with van der Waals surface area (Å²) in [7, 11) is 0. The topological polar surface area (TPSA) is 23.5 Å². The lowest BCUT2D eigenvalue weighted by atomic mass is 10.2. The van der Waals surface area contributed by atoms with E-state index in [-0.39, 0.29) is 0 Å². The fourth-order valence-corrected chi connectivity index (χ4v) is 2.85. The molecule has 1 aromatic rings. The molecule has 0 atom stereocenters. The van der Waals surface area contributed by atoms with E-state index in [2.05, 4.69) is 4.90 Å². The number of aromatic hydroxyl groups is 1. The zero-order chi connectivity index (χ0) is 10.7. The number of rotatable bonds is 2. The van der Waals surface area contributed by atoms with Crippen molar-refractivity contribution < 1.29 is 5.11 Å². The molecule has 0 aromatic heterocycles. The van der Waals surface area contributed by atoms with Crippen LogP contribution in [0.5, 0.6) is 5.75 Å². The number of phenolic OH excluding ortho intramolecular Hbond substituents is 1. The van der Waals surface area contributed by atoms with Crippen LogP contribution >= 0.6 is 23.4 Å². The smallest absolute Gasteiger partial charge is 0.120 e. The zero-order valence-electron chi connectivity index (χ0n) is 8.45. The second-order valence-electron chi connectivity index (χ2n) is 3.66. The fourth-order valence-electron chi connectivity index (χ4n) is 1.68. The van der Waals surface area contributed by atoms with Gasteiger partial charge in [-0.3, -0.25) is 4.90 Å². The van der Waals surface area contributed by atoms with E-state index in [0.717, 1.165) is 25.2 Å². The van der Waals surface area contributed by atoms with Crippen LogP contribution in [0.2, 0.25) is 5.02 Å². The minimum atomic E-state index is 0.345. The van der Waals surface area contributed by atoms with Crippen LogP contribution in [0.1, 0.15) is 5.56 Å². The Morgan fingerprint density at radius 1 is 1.33 bits per heavy atom. The van der Waals surface area contributed by atoms with Crippen LogP contribution in [0.3, 0.4) is 0 Å². The van der Waals surface area contributed by atoms with Crippen molar-refractivity contribution in [1.29, 1.82) is 0 Å². The Kier molecular flexibility index (Phi) is 3.78. The van der Waals surface area contributed by atoms with E-state index in [0.29, 0.717) is 10.8 Å². The molecule has 2 rings (SSSR count). The summed E-state index contributed by atoms with van der Waals surface area (Å²) in [6.07, 6.45) is 0. The molecule has 1 aromatic carbocycles. The normalized spacial score (nSPS) is 17.9. The second kappa shape index (κ2) is 5.10. The van der Waals surface area contributed by atoms with Gasteiger partial charge in [-0.2, -0.15) is 11.8 Å². The molecule has 0 bridgehead atoms. The van der Waals surface area contributed by atoms with E-state index in [4.69, 9.17) is 11.6 Å². The third kappa shape index (κ3) is 3.03. The third-order valence-corrected chi connectivity index (χ3v) is 3.72. The first-order chi connectivity index (χ1) is 7.25. The predicted molar refractivity (Wildman–Crippen MR) is 65.7 cm³/mol. The van der Waals surface area contributed by atoms with Crippen molar-refractivity contribution >= 4 is 23.4 Å². The highest BCUT2D eigenvalue weighted by Crippen LogP contribution is 2.23. The molecule has 1 aliphatic heterocycles. The molecule has 15 heavy (non-hydrogen) atoms. The number of nitrogens with zero attached hydrogens (tertiary/aromatic N) is 1. The Morgan fingerprint density at radius 3 is 2.80 bits per heavy atom. The van der Waals surface area contributed by atoms with Crippen molar-refractivity contribution in [3.05, 3.63) is 28.8 Å². The van der Waals surface area contributed by atoms with E-state index >= 15 is 0 Å². The maximum Gasteiger partial charge on any atom is 0.120 e. The average Bonchev–Trinajstić information content (AvgIpc) is 2.25. The molecule has 1 saturated heterocycles. The molecule has 4 heteroatoms. The van der Waals surface area contributed by atoms with Crippen molar-refractivity contribution in [3.63, 3.8) is 0 Å². The lowest BCUT2D eigenvalue weighted by Crippen LogP contribution is -2.31. The molecule has 0 radical (unpaired) electrons. The van der Waals surface area contributed by atoms with Crippen LogP contribution in [0.15, 0.2) is 18.2 Å². The average molecular weight is 244 g/mol. The summed E-state index contributed by atoms with van der Waals surface area (Å²) in [5.74, 6) is 2.71. The summed E-state index contributed by atoms with van der Waals surface area (Å²) in [5.41, 5.74) is 0.925. The Balaban J connectivity index is 2.05. The van der Waals surface area contributed by atoms with Crippen molar-refractivity contribution in [3.8, 4) is 5.75 Å². The van der Waals surface area contributed by atoms with Crippen molar-refractivity contribution in [2.24, 2.45) is 0 Å². The van der Waals surface area contributed by atoms with Gasteiger partial charge in [0.15, 0.2) is 0 Å². The lowest BCUT2D eigenvalue weighted by molar-refractivity contribution is 0.289. The number of hydrogen-bond acceptors (Lipinski definition) is 3. The second-order valence-corrected chi connectivity index (χ2v) is 5.32. The first-order valence-corrected chi connectivity index (χ1v) is 6.56. The summed E-state index contributed by atoms with van der Waals surface area (Å²) >= 11 is 7.89. The van der Waals surface area contributed by atoms with Gasteiger partial charge in [-0.15, -0.1) is 0 Å². The molecule has 0 unspecified atom stereocenters. The van der Waals surface area contributed by atoms with Gasteiger partial charge in [0.2, 0.25) is 0 Å². The monoisotopic (exact) mass is 243 g/mol. The summed E-state index contributed by atoms with van der Waals surface area (Å²) in [6.45, 7) is 2.99. The number of phenols is 1. The van der Waals surface area contributed by atoms with E-state index in [1.807, 2.05) is 17.8 Å². The van der Waals surface area contributed by atoms with Gasteiger partial charge >= 0.3 is 0 Å². The summed E-state index contributed by atoms with van der Waals surface area (Å²) in [6, 6.07) is 5.22. The molecule has 0 spiro atoms.